The highest BCUT2D eigenvalue weighted by molar-refractivity contribution is 8.22. The number of ether oxygens (including phenoxy) is 3. The van der Waals surface area contributed by atoms with Crippen molar-refractivity contribution in [1.82, 2.24) is 4.90 Å². The van der Waals surface area contributed by atoms with Gasteiger partial charge in [-0.2, -0.15) is 0 Å². The van der Waals surface area contributed by atoms with Gasteiger partial charge in [-0.1, -0.05) is 36.1 Å². The van der Waals surface area contributed by atoms with Gasteiger partial charge in [-0.15, -0.1) is 0 Å². The summed E-state index contributed by atoms with van der Waals surface area (Å²) in [6.07, 6.45) is 1.79. The van der Waals surface area contributed by atoms with E-state index < -0.39 is 0 Å². The van der Waals surface area contributed by atoms with E-state index in [1.807, 2.05) is 12.1 Å². The fraction of sp³-hybridized carbons (Fsp3) is 0.562. The minimum Gasteiger partial charge on any atom is -0.497 e. The van der Waals surface area contributed by atoms with Gasteiger partial charge in [0, 0.05) is 31.7 Å². The first-order chi connectivity index (χ1) is 10.7. The molecule has 0 saturated carbocycles. The predicted octanol–water partition coefficient (Wildman–Crippen LogP) is 3.05. The molecule has 0 aromatic heterocycles. The molecule has 0 amide bonds. The molecule has 2 aliphatic heterocycles. The predicted molar refractivity (Wildman–Crippen MR) is 92.3 cm³/mol. The molecule has 0 aliphatic carbocycles. The van der Waals surface area contributed by atoms with E-state index in [4.69, 9.17) is 26.4 Å². The molecule has 3 rings (SSSR count). The maximum absolute atomic E-state index is 5.75. The van der Waals surface area contributed by atoms with Gasteiger partial charge in [-0.3, -0.25) is 0 Å². The topological polar surface area (TPSA) is 30.9 Å². The average Bonchev–Trinajstić information content (AvgIpc) is 3.01. The van der Waals surface area contributed by atoms with Crippen LogP contribution in [0.15, 0.2) is 24.3 Å². The molecule has 0 bridgehead atoms. The molecule has 2 saturated heterocycles. The number of thioether (sulfide) groups is 1. The monoisotopic (exact) mass is 339 g/mol. The molecule has 0 atom stereocenters. The van der Waals surface area contributed by atoms with Crippen LogP contribution in [0.4, 0.5) is 0 Å². The quantitative estimate of drug-likeness (QED) is 0.787. The Balaban J connectivity index is 1.48. The molecule has 1 spiro atoms. The smallest absolute Gasteiger partial charge is 0.171 e. The van der Waals surface area contributed by atoms with Crippen molar-refractivity contribution >= 4 is 28.3 Å². The van der Waals surface area contributed by atoms with E-state index in [9.17, 15) is 0 Å². The Hall–Kier alpha value is -0.820. The summed E-state index contributed by atoms with van der Waals surface area (Å²) in [5.41, 5.74) is 1.22. The highest BCUT2D eigenvalue weighted by Gasteiger charge is 2.40. The van der Waals surface area contributed by atoms with Crippen LogP contribution in [0.1, 0.15) is 18.4 Å². The minimum absolute atomic E-state index is 0.330. The molecule has 4 nitrogen and oxygen atoms in total. The first-order valence-corrected chi connectivity index (χ1v) is 8.93. The summed E-state index contributed by atoms with van der Waals surface area (Å²) < 4.78 is 17.7. The Morgan fingerprint density at radius 1 is 1.32 bits per heavy atom. The summed E-state index contributed by atoms with van der Waals surface area (Å²) in [5.74, 6) is 1.42. The average molecular weight is 339 g/mol. The Bertz CT molecular complexity index is 522. The van der Waals surface area contributed by atoms with Crippen molar-refractivity contribution in [3.05, 3.63) is 29.8 Å². The van der Waals surface area contributed by atoms with Crippen LogP contribution in [0.3, 0.4) is 0 Å². The lowest BCUT2D eigenvalue weighted by Crippen LogP contribution is -2.46. The van der Waals surface area contributed by atoms with Gasteiger partial charge in [-0.25, -0.2) is 0 Å². The molecule has 2 fully saturated rings. The Labute approximate surface area is 141 Å². The summed E-state index contributed by atoms with van der Waals surface area (Å²) in [7, 11) is 1.69. The maximum atomic E-state index is 5.75. The van der Waals surface area contributed by atoms with Crippen molar-refractivity contribution < 1.29 is 14.2 Å². The molecule has 0 N–H and O–H groups in total. The molecule has 0 unspecified atom stereocenters. The zero-order valence-corrected chi connectivity index (χ0v) is 14.4. The van der Waals surface area contributed by atoms with Gasteiger partial charge < -0.3 is 19.1 Å². The van der Waals surface area contributed by atoms with Gasteiger partial charge in [0.15, 0.2) is 5.79 Å². The Morgan fingerprint density at radius 2 is 2.05 bits per heavy atom. The summed E-state index contributed by atoms with van der Waals surface area (Å²) >= 11 is 7.28. The van der Waals surface area contributed by atoms with Crippen molar-refractivity contribution in [1.29, 1.82) is 0 Å². The van der Waals surface area contributed by atoms with Crippen molar-refractivity contribution in [2.75, 3.05) is 33.4 Å². The number of nitrogens with zero attached hydrogens (tertiary/aromatic N) is 1. The Kier molecular flexibility index (Phi) is 5.23. The van der Waals surface area contributed by atoms with Crippen molar-refractivity contribution in [2.45, 2.75) is 24.4 Å². The van der Waals surface area contributed by atoms with E-state index in [0.29, 0.717) is 0 Å². The van der Waals surface area contributed by atoms with Gasteiger partial charge in [0.1, 0.15) is 10.1 Å². The van der Waals surface area contributed by atoms with Gasteiger partial charge >= 0.3 is 0 Å². The van der Waals surface area contributed by atoms with E-state index >= 15 is 0 Å². The highest BCUT2D eigenvalue weighted by atomic mass is 32.2. The van der Waals surface area contributed by atoms with Crippen LogP contribution in [0.5, 0.6) is 5.75 Å². The van der Waals surface area contributed by atoms with Crippen molar-refractivity contribution in [2.24, 2.45) is 0 Å². The minimum atomic E-state index is -0.330. The first-order valence-electron chi connectivity index (χ1n) is 7.53. The van der Waals surface area contributed by atoms with Crippen LogP contribution < -0.4 is 4.74 Å². The third-order valence-corrected chi connectivity index (χ3v) is 5.69. The molecule has 2 heterocycles. The van der Waals surface area contributed by atoms with Crippen LogP contribution in [0.2, 0.25) is 0 Å². The largest absolute Gasteiger partial charge is 0.497 e. The van der Waals surface area contributed by atoms with Gasteiger partial charge in [0.25, 0.3) is 0 Å². The number of likely N-dealkylation sites (tertiary alicyclic amines) is 1. The third kappa shape index (κ3) is 3.74. The molecule has 1 aromatic carbocycles. The molecular weight excluding hydrogens is 318 g/mol. The maximum Gasteiger partial charge on any atom is 0.171 e. The molecule has 0 radical (unpaired) electrons. The zero-order chi connectivity index (χ0) is 15.4. The second-order valence-electron chi connectivity index (χ2n) is 5.50. The van der Waals surface area contributed by atoms with Crippen LogP contribution in [0.25, 0.3) is 0 Å². The molecule has 6 heteroatoms. The number of hydrogen-bond donors (Lipinski definition) is 0. The third-order valence-electron chi connectivity index (χ3n) is 4.09. The van der Waals surface area contributed by atoms with E-state index in [0.717, 1.165) is 55.0 Å². The highest BCUT2D eigenvalue weighted by Crippen LogP contribution is 2.32. The van der Waals surface area contributed by atoms with Gasteiger partial charge in [-0.05, 0) is 17.7 Å². The second kappa shape index (κ2) is 7.17. The summed E-state index contributed by atoms with van der Waals surface area (Å²) in [6.45, 7) is 3.25. The van der Waals surface area contributed by atoms with E-state index in [-0.39, 0.29) is 5.79 Å². The van der Waals surface area contributed by atoms with Crippen LogP contribution in [-0.2, 0) is 15.2 Å². The number of rotatable bonds is 3. The molecule has 22 heavy (non-hydrogen) atoms. The number of piperidine rings is 1. The van der Waals surface area contributed by atoms with Gasteiger partial charge in [0.2, 0.25) is 0 Å². The molecule has 1 aromatic rings. The summed E-state index contributed by atoms with van der Waals surface area (Å²) in [4.78, 5) is 2.26. The van der Waals surface area contributed by atoms with E-state index in [1.165, 1.54) is 5.56 Å². The van der Waals surface area contributed by atoms with Gasteiger partial charge in [0.05, 0.1) is 20.3 Å². The molecular formula is C16H21NO3S2. The lowest BCUT2D eigenvalue weighted by atomic mass is 10.0. The number of hydrogen-bond acceptors (Lipinski definition) is 5. The molecule has 120 valence electrons. The normalized spacial score (nSPS) is 20.3. The Morgan fingerprint density at radius 3 is 2.73 bits per heavy atom. The number of thiocarbonyl (C=S) groups is 1. The number of benzene rings is 1. The van der Waals surface area contributed by atoms with E-state index in [1.54, 1.807) is 18.9 Å². The summed E-state index contributed by atoms with van der Waals surface area (Å²) in [5, 5.41) is 0. The van der Waals surface area contributed by atoms with Crippen molar-refractivity contribution in [3.8, 4) is 5.75 Å². The SMILES string of the molecule is COc1cccc(CSC(=S)N2CCC3(CC2)OCCO3)c1. The second-order valence-corrected chi connectivity index (χ2v) is 7.11. The van der Waals surface area contributed by atoms with Crippen LogP contribution in [0, 0.1) is 0 Å². The fourth-order valence-electron chi connectivity index (χ4n) is 2.81. The first kappa shape index (κ1) is 16.1. The van der Waals surface area contributed by atoms with Crippen LogP contribution >= 0.6 is 24.0 Å². The lowest BCUT2D eigenvalue weighted by molar-refractivity contribution is -0.180. The summed E-state index contributed by atoms with van der Waals surface area (Å²) in [6, 6.07) is 8.12. The zero-order valence-electron chi connectivity index (χ0n) is 12.7. The standard InChI is InChI=1S/C16H21NO3S2/c1-18-14-4-2-3-13(11-14)12-22-15(21)17-7-5-16(6-8-17)19-9-10-20-16/h2-4,11H,5-10,12H2,1H3. The fourth-order valence-corrected chi connectivity index (χ4v) is 4.01. The molecule has 2 aliphatic rings. The van der Waals surface area contributed by atoms with Crippen molar-refractivity contribution in [3.63, 3.8) is 0 Å². The van der Waals surface area contributed by atoms with Crippen LogP contribution in [-0.4, -0.2) is 48.4 Å². The van der Waals surface area contributed by atoms with E-state index in [2.05, 4.69) is 17.0 Å². The number of methoxy groups -OCH3 is 1. The lowest BCUT2D eigenvalue weighted by Gasteiger charge is -2.38.